The second kappa shape index (κ2) is 7.89. The minimum atomic E-state index is -2.92. The molecule has 3 rings (SSSR count). The monoisotopic (exact) mass is 398 g/mol. The van der Waals surface area contributed by atoms with E-state index in [1.54, 1.807) is 22.7 Å². The summed E-state index contributed by atoms with van der Waals surface area (Å²) in [5.41, 5.74) is 1.32. The van der Waals surface area contributed by atoms with Gasteiger partial charge >= 0.3 is 0 Å². The van der Waals surface area contributed by atoms with Gasteiger partial charge in [-0.25, -0.2) is 8.42 Å². The smallest absolute Gasteiger partial charge is 0.272 e. The number of rotatable bonds is 5. The van der Waals surface area contributed by atoms with Crippen LogP contribution in [0.25, 0.3) is 0 Å². The first-order valence-electron chi connectivity index (χ1n) is 9.61. The maximum atomic E-state index is 13.1. The summed E-state index contributed by atoms with van der Waals surface area (Å²) in [7, 11) is -1.16. The molecule has 0 spiro atoms. The Labute approximate surface area is 161 Å². The topological polar surface area (TPSA) is 95.7 Å². The summed E-state index contributed by atoms with van der Waals surface area (Å²) in [5, 5.41) is 14.3. The first kappa shape index (κ1) is 20.3. The van der Waals surface area contributed by atoms with Crippen molar-refractivity contribution >= 4 is 15.7 Å². The van der Waals surface area contributed by atoms with Gasteiger partial charge in [0.25, 0.3) is 5.91 Å². The summed E-state index contributed by atoms with van der Waals surface area (Å²) >= 11 is 0. The number of aromatic nitrogens is 2. The Morgan fingerprint density at radius 2 is 2.00 bits per heavy atom. The number of aliphatic hydroxyl groups excluding tert-OH is 1. The van der Waals surface area contributed by atoms with Gasteiger partial charge in [0.05, 0.1) is 29.8 Å². The minimum absolute atomic E-state index is 0.0874. The third-order valence-corrected chi connectivity index (χ3v) is 7.64. The van der Waals surface area contributed by atoms with Crippen molar-refractivity contribution in [2.24, 2.45) is 18.9 Å². The highest BCUT2D eigenvalue weighted by Crippen LogP contribution is 2.34. The lowest BCUT2D eigenvalue weighted by Crippen LogP contribution is -2.47. The molecule has 1 aromatic rings. The SMILES string of the molecule is CC[C@@H]1CN(C(=O)c2cc(C)nn2C)[C@H](CO)[C@@H]1CN1CCS(=O)(=O)CC1. The molecule has 152 valence electrons. The first-order chi connectivity index (χ1) is 12.8. The summed E-state index contributed by atoms with van der Waals surface area (Å²) in [4.78, 5) is 17.0. The van der Waals surface area contributed by atoms with Crippen LogP contribution >= 0.6 is 0 Å². The lowest BCUT2D eigenvalue weighted by Gasteiger charge is -2.33. The van der Waals surface area contributed by atoms with Crippen LogP contribution in [-0.2, 0) is 16.9 Å². The van der Waals surface area contributed by atoms with Crippen molar-refractivity contribution in [2.75, 3.05) is 44.3 Å². The predicted octanol–water partition coefficient (Wildman–Crippen LogP) is -0.0820. The number of carbonyl (C=O) groups excluding carboxylic acids is 1. The third-order valence-electron chi connectivity index (χ3n) is 6.03. The number of likely N-dealkylation sites (tertiary alicyclic amines) is 1. The molecule has 3 heterocycles. The number of amides is 1. The van der Waals surface area contributed by atoms with Gasteiger partial charge in [0, 0.05) is 33.2 Å². The van der Waals surface area contributed by atoms with Crippen molar-refractivity contribution in [3.05, 3.63) is 17.5 Å². The Kier molecular flexibility index (Phi) is 5.93. The molecular weight excluding hydrogens is 368 g/mol. The number of hydrogen-bond acceptors (Lipinski definition) is 6. The zero-order valence-corrected chi connectivity index (χ0v) is 17.2. The Hall–Kier alpha value is -1.45. The summed E-state index contributed by atoms with van der Waals surface area (Å²) in [6.07, 6.45) is 0.918. The number of sulfone groups is 1. The van der Waals surface area contributed by atoms with Gasteiger partial charge in [0.2, 0.25) is 0 Å². The van der Waals surface area contributed by atoms with Gasteiger partial charge in [-0.1, -0.05) is 13.3 Å². The van der Waals surface area contributed by atoms with E-state index >= 15 is 0 Å². The first-order valence-corrected chi connectivity index (χ1v) is 11.4. The van der Waals surface area contributed by atoms with E-state index in [-0.39, 0.29) is 36.0 Å². The summed E-state index contributed by atoms with van der Waals surface area (Å²) in [5.74, 6) is 0.714. The molecule has 2 aliphatic heterocycles. The molecule has 3 atom stereocenters. The maximum Gasteiger partial charge on any atom is 0.272 e. The highest BCUT2D eigenvalue weighted by Gasteiger charge is 2.44. The lowest BCUT2D eigenvalue weighted by atomic mass is 9.88. The molecule has 0 saturated carbocycles. The molecule has 1 aromatic heterocycles. The Bertz CT molecular complexity index is 777. The highest BCUT2D eigenvalue weighted by molar-refractivity contribution is 7.91. The quantitative estimate of drug-likeness (QED) is 0.745. The third kappa shape index (κ3) is 4.20. The van der Waals surface area contributed by atoms with E-state index in [1.807, 2.05) is 6.92 Å². The van der Waals surface area contributed by atoms with Crippen LogP contribution in [0.4, 0.5) is 0 Å². The molecule has 0 aromatic carbocycles. The molecule has 0 aliphatic carbocycles. The van der Waals surface area contributed by atoms with Crippen molar-refractivity contribution in [2.45, 2.75) is 26.3 Å². The fourth-order valence-corrected chi connectivity index (χ4v) is 5.70. The molecular formula is C18H30N4O4S. The van der Waals surface area contributed by atoms with E-state index < -0.39 is 9.84 Å². The number of carbonyl (C=O) groups is 1. The van der Waals surface area contributed by atoms with E-state index in [9.17, 15) is 18.3 Å². The summed E-state index contributed by atoms with van der Waals surface area (Å²) in [6.45, 7) is 6.26. The second-order valence-corrected chi connectivity index (χ2v) is 10.1. The van der Waals surface area contributed by atoms with Crippen molar-refractivity contribution in [3.8, 4) is 0 Å². The van der Waals surface area contributed by atoms with Crippen LogP contribution in [0.3, 0.4) is 0 Å². The van der Waals surface area contributed by atoms with Gasteiger partial charge in [-0.05, 0) is 24.8 Å². The Morgan fingerprint density at radius 3 is 2.52 bits per heavy atom. The highest BCUT2D eigenvalue weighted by atomic mass is 32.2. The minimum Gasteiger partial charge on any atom is -0.394 e. The molecule has 27 heavy (non-hydrogen) atoms. The number of aryl methyl sites for hydroxylation is 2. The largest absolute Gasteiger partial charge is 0.394 e. The van der Waals surface area contributed by atoms with Crippen molar-refractivity contribution < 1.29 is 18.3 Å². The molecule has 1 amide bonds. The fraction of sp³-hybridized carbons (Fsp3) is 0.778. The van der Waals surface area contributed by atoms with Gasteiger partial charge in [0.1, 0.15) is 5.69 Å². The summed E-state index contributed by atoms with van der Waals surface area (Å²) in [6, 6.07) is 1.52. The van der Waals surface area contributed by atoms with Gasteiger partial charge < -0.3 is 14.9 Å². The average Bonchev–Trinajstić information content (AvgIpc) is 3.15. The molecule has 2 fully saturated rings. The van der Waals surface area contributed by atoms with E-state index in [1.165, 1.54) is 0 Å². The van der Waals surface area contributed by atoms with Crippen LogP contribution in [0.5, 0.6) is 0 Å². The maximum absolute atomic E-state index is 13.1. The van der Waals surface area contributed by atoms with Crippen molar-refractivity contribution in [1.29, 1.82) is 0 Å². The molecule has 0 radical (unpaired) electrons. The van der Waals surface area contributed by atoms with Crippen molar-refractivity contribution in [3.63, 3.8) is 0 Å². The molecule has 1 N–H and O–H groups in total. The predicted molar refractivity (Wildman–Crippen MR) is 102 cm³/mol. The fourth-order valence-electron chi connectivity index (χ4n) is 4.43. The Morgan fingerprint density at radius 1 is 1.33 bits per heavy atom. The second-order valence-electron chi connectivity index (χ2n) is 7.79. The molecule has 0 unspecified atom stereocenters. The van der Waals surface area contributed by atoms with E-state index in [4.69, 9.17) is 0 Å². The average molecular weight is 399 g/mol. The zero-order valence-electron chi connectivity index (χ0n) is 16.3. The molecule has 8 nitrogen and oxygen atoms in total. The summed E-state index contributed by atoms with van der Waals surface area (Å²) < 4.78 is 25.0. The zero-order chi connectivity index (χ0) is 19.8. The number of aliphatic hydroxyl groups is 1. The number of nitrogens with zero attached hydrogens (tertiary/aromatic N) is 4. The Balaban J connectivity index is 1.76. The van der Waals surface area contributed by atoms with Crippen LogP contribution in [0.2, 0.25) is 0 Å². The van der Waals surface area contributed by atoms with Crippen molar-refractivity contribution in [1.82, 2.24) is 19.6 Å². The van der Waals surface area contributed by atoms with Crippen LogP contribution in [0, 0.1) is 18.8 Å². The standard InChI is InChI=1S/C18H30N4O4S/c1-4-14-10-22(18(24)16-9-13(2)19-20(16)3)17(12-23)15(14)11-21-5-7-27(25,26)8-6-21/h9,14-15,17,23H,4-8,10-12H2,1-3H3/t14-,15-,17-/m1/s1. The normalized spacial score (nSPS) is 28.6. The van der Waals surface area contributed by atoms with E-state index in [0.717, 1.165) is 12.1 Å². The molecule has 9 heteroatoms. The molecule has 0 bridgehead atoms. The van der Waals surface area contributed by atoms with Gasteiger partial charge in [-0.15, -0.1) is 0 Å². The number of hydrogen-bond donors (Lipinski definition) is 1. The van der Waals surface area contributed by atoms with Gasteiger partial charge in [0.15, 0.2) is 9.84 Å². The van der Waals surface area contributed by atoms with E-state index in [2.05, 4.69) is 16.9 Å². The lowest BCUT2D eigenvalue weighted by molar-refractivity contribution is 0.0608. The van der Waals surface area contributed by atoms with Gasteiger partial charge in [-0.3, -0.25) is 9.48 Å². The van der Waals surface area contributed by atoms with Crippen LogP contribution in [0.1, 0.15) is 29.5 Å². The molecule has 2 saturated heterocycles. The molecule has 2 aliphatic rings. The van der Waals surface area contributed by atoms with Crippen LogP contribution in [-0.4, -0.2) is 89.3 Å². The van der Waals surface area contributed by atoms with Gasteiger partial charge in [-0.2, -0.15) is 5.10 Å². The van der Waals surface area contributed by atoms with E-state index in [0.29, 0.717) is 37.8 Å². The van der Waals surface area contributed by atoms with Crippen LogP contribution < -0.4 is 0 Å². The van der Waals surface area contributed by atoms with Crippen LogP contribution in [0.15, 0.2) is 6.07 Å².